The van der Waals surface area contributed by atoms with Crippen LogP contribution in [0.2, 0.25) is 0 Å². The Morgan fingerprint density at radius 1 is 0.443 bits per heavy atom. The number of unbranched alkanes of at least 4 members (excludes halogenated alkanes) is 5. The van der Waals surface area contributed by atoms with Crippen molar-refractivity contribution >= 4 is 19.8 Å². The Bertz CT molecular complexity index is 1730. The SMILES string of the molecule is CC/C=C\C/C=C\C/C=C\C/C=C\C/C=C\C/C=C\C/C=C\C/C=C\CCCCCCC(=O)OC(COC(=O)CCC/C=C\C/C=C\C/C=C\C/C=C\C/C=C\CC)COP(=O)(O)OCC[N+](C)(C)C. The minimum Gasteiger partial charge on any atom is -0.462 e. The minimum atomic E-state index is -4.42. The first-order chi connectivity index (χ1) is 34.0. The molecule has 2 unspecified atom stereocenters. The number of nitrogens with zero attached hydrogens (tertiary/aromatic N) is 1. The van der Waals surface area contributed by atoms with Crippen LogP contribution in [-0.4, -0.2) is 74.9 Å². The number of phosphoric ester groups is 1. The maximum Gasteiger partial charge on any atom is 0.472 e. The first-order valence-electron chi connectivity index (χ1n) is 26.2. The number of phosphoric acid groups is 1. The lowest BCUT2D eigenvalue weighted by atomic mass is 10.1. The lowest BCUT2D eigenvalue weighted by molar-refractivity contribution is -0.870. The number of esters is 2. The highest BCUT2D eigenvalue weighted by atomic mass is 31.2. The minimum absolute atomic E-state index is 0.00712. The average Bonchev–Trinajstić information content (AvgIpc) is 3.32. The summed E-state index contributed by atoms with van der Waals surface area (Å²) in [6, 6.07) is 0. The lowest BCUT2D eigenvalue weighted by Crippen LogP contribution is -2.37. The summed E-state index contributed by atoms with van der Waals surface area (Å²) in [5.74, 6) is -0.914. The number of quaternary nitrogens is 1. The molecule has 0 heterocycles. The van der Waals surface area contributed by atoms with Crippen LogP contribution in [0.4, 0.5) is 0 Å². The molecule has 0 aliphatic rings. The van der Waals surface area contributed by atoms with Crippen LogP contribution >= 0.6 is 7.82 Å². The lowest BCUT2D eigenvalue weighted by Gasteiger charge is -2.24. The predicted octanol–water partition coefficient (Wildman–Crippen LogP) is 16.1. The van der Waals surface area contributed by atoms with Crippen molar-refractivity contribution in [3.63, 3.8) is 0 Å². The van der Waals surface area contributed by atoms with Gasteiger partial charge in [0.2, 0.25) is 0 Å². The summed E-state index contributed by atoms with van der Waals surface area (Å²) in [4.78, 5) is 35.5. The summed E-state index contributed by atoms with van der Waals surface area (Å²) in [5.41, 5.74) is 0. The Morgan fingerprint density at radius 2 is 0.786 bits per heavy atom. The van der Waals surface area contributed by atoms with Crippen LogP contribution in [0.1, 0.15) is 155 Å². The molecule has 0 rings (SSSR count). The normalized spacial score (nSPS) is 14.7. The molecule has 0 spiro atoms. The quantitative estimate of drug-likeness (QED) is 0.0211. The van der Waals surface area contributed by atoms with E-state index in [-0.39, 0.29) is 26.1 Å². The molecule has 392 valence electrons. The summed E-state index contributed by atoms with van der Waals surface area (Å²) in [7, 11) is 1.40. The predicted molar refractivity (Wildman–Crippen MR) is 297 cm³/mol. The number of ether oxygens (including phenoxy) is 2. The van der Waals surface area contributed by atoms with Gasteiger partial charge in [-0.3, -0.25) is 18.6 Å². The van der Waals surface area contributed by atoms with Crippen LogP contribution in [0.15, 0.2) is 158 Å². The van der Waals surface area contributed by atoms with E-state index in [0.29, 0.717) is 23.9 Å². The van der Waals surface area contributed by atoms with Gasteiger partial charge in [-0.25, -0.2) is 4.57 Å². The van der Waals surface area contributed by atoms with Gasteiger partial charge in [-0.15, -0.1) is 0 Å². The highest BCUT2D eigenvalue weighted by molar-refractivity contribution is 7.47. The van der Waals surface area contributed by atoms with Gasteiger partial charge in [-0.2, -0.15) is 0 Å². The Balaban J connectivity index is 4.41. The van der Waals surface area contributed by atoms with E-state index >= 15 is 0 Å². The zero-order valence-corrected chi connectivity index (χ0v) is 45.1. The standard InChI is InChI=1S/C60H94NO8P/c1-6-8-10-12-14-16-18-20-22-24-25-26-27-28-29-30-31-32-33-34-35-37-39-41-43-45-47-49-51-53-60(63)69-58(57-68-70(64,65)67-55-54-61(3,4)5)56-66-59(62)52-50-48-46-44-42-40-38-36-23-21-19-17-15-13-11-9-7-2/h8-11,14-17,20-23,25-26,28-29,31-32,34-35,38-41,44,46,58H,6-7,12-13,18-19,24,27,30,33,36-37,42-43,45,47-57H2,1-5H3/p+1/b10-8-,11-9-,16-14-,17-15-,22-20-,23-21-,26-25-,29-28-,32-31-,35-34-,40-38-,41-39-,46-44-. The van der Waals surface area contributed by atoms with E-state index in [4.69, 9.17) is 18.5 Å². The van der Waals surface area contributed by atoms with Crippen molar-refractivity contribution < 1.29 is 42.1 Å². The topological polar surface area (TPSA) is 108 Å². The summed E-state index contributed by atoms with van der Waals surface area (Å²) >= 11 is 0. The zero-order chi connectivity index (χ0) is 51.3. The molecule has 0 amide bonds. The summed E-state index contributed by atoms with van der Waals surface area (Å²) in [6.07, 6.45) is 74.5. The maximum atomic E-state index is 12.8. The number of likely N-dealkylation sites (N-methyl/N-ethyl adjacent to an activating group) is 1. The molecule has 0 aromatic rings. The first-order valence-corrected chi connectivity index (χ1v) is 27.7. The van der Waals surface area contributed by atoms with Gasteiger partial charge in [-0.05, 0) is 116 Å². The van der Waals surface area contributed by atoms with Crippen LogP contribution < -0.4 is 0 Å². The van der Waals surface area contributed by atoms with Crippen LogP contribution in [0.25, 0.3) is 0 Å². The average molecular weight is 989 g/mol. The van der Waals surface area contributed by atoms with E-state index in [1.165, 1.54) is 0 Å². The van der Waals surface area contributed by atoms with Crippen molar-refractivity contribution in [2.24, 2.45) is 0 Å². The summed E-state index contributed by atoms with van der Waals surface area (Å²) < 4.78 is 34.3. The van der Waals surface area contributed by atoms with E-state index < -0.39 is 32.5 Å². The fraction of sp³-hybridized carbons (Fsp3) is 0.533. The van der Waals surface area contributed by atoms with Crippen molar-refractivity contribution in [2.45, 2.75) is 161 Å². The number of carbonyl (C=O) groups excluding carboxylic acids is 2. The van der Waals surface area contributed by atoms with Gasteiger partial charge in [-0.1, -0.05) is 185 Å². The van der Waals surface area contributed by atoms with E-state index in [1.807, 2.05) is 27.2 Å². The van der Waals surface area contributed by atoms with E-state index in [2.05, 4.69) is 166 Å². The molecule has 0 fully saturated rings. The van der Waals surface area contributed by atoms with Crippen molar-refractivity contribution in [3.8, 4) is 0 Å². The second kappa shape index (κ2) is 49.6. The van der Waals surface area contributed by atoms with Gasteiger partial charge in [0.15, 0.2) is 6.10 Å². The zero-order valence-electron chi connectivity index (χ0n) is 44.2. The van der Waals surface area contributed by atoms with Crippen LogP contribution in [0.3, 0.4) is 0 Å². The summed E-state index contributed by atoms with van der Waals surface area (Å²) in [5, 5.41) is 0. The third kappa shape index (κ3) is 53.0. The molecular formula is C60H95NO8P+. The summed E-state index contributed by atoms with van der Waals surface area (Å²) in [6.45, 7) is 4.06. The highest BCUT2D eigenvalue weighted by Gasteiger charge is 2.27. The number of carbonyl (C=O) groups is 2. The molecule has 2 atom stereocenters. The first kappa shape index (κ1) is 65.6. The molecule has 0 aliphatic carbocycles. The Morgan fingerprint density at radius 3 is 1.17 bits per heavy atom. The van der Waals surface area contributed by atoms with Gasteiger partial charge in [0.1, 0.15) is 19.8 Å². The van der Waals surface area contributed by atoms with Crippen LogP contribution in [0.5, 0.6) is 0 Å². The molecule has 9 nitrogen and oxygen atoms in total. The van der Waals surface area contributed by atoms with Crippen molar-refractivity contribution in [3.05, 3.63) is 158 Å². The molecule has 70 heavy (non-hydrogen) atoms. The fourth-order valence-corrected chi connectivity index (χ4v) is 6.80. The smallest absolute Gasteiger partial charge is 0.462 e. The molecular weight excluding hydrogens is 894 g/mol. The molecule has 0 radical (unpaired) electrons. The number of rotatable bonds is 45. The van der Waals surface area contributed by atoms with Crippen molar-refractivity contribution in [2.75, 3.05) is 47.5 Å². The largest absolute Gasteiger partial charge is 0.472 e. The third-order valence-electron chi connectivity index (χ3n) is 10.1. The number of hydrogen-bond acceptors (Lipinski definition) is 7. The van der Waals surface area contributed by atoms with Gasteiger partial charge >= 0.3 is 19.8 Å². The molecule has 0 aromatic heterocycles. The van der Waals surface area contributed by atoms with E-state index in [0.717, 1.165) is 116 Å². The van der Waals surface area contributed by atoms with Crippen molar-refractivity contribution in [1.82, 2.24) is 0 Å². The second-order valence-corrected chi connectivity index (χ2v) is 19.2. The van der Waals surface area contributed by atoms with Gasteiger partial charge < -0.3 is 18.9 Å². The number of allylic oxidation sites excluding steroid dienone is 26. The van der Waals surface area contributed by atoms with E-state index in [9.17, 15) is 19.0 Å². The Hall–Kier alpha value is -4.37. The van der Waals surface area contributed by atoms with Crippen molar-refractivity contribution in [1.29, 1.82) is 0 Å². The monoisotopic (exact) mass is 989 g/mol. The van der Waals surface area contributed by atoms with Crippen LogP contribution in [-0.2, 0) is 32.7 Å². The van der Waals surface area contributed by atoms with Crippen LogP contribution in [0, 0.1) is 0 Å². The Kier molecular flexibility index (Phi) is 46.5. The molecule has 0 aliphatic heterocycles. The molecule has 10 heteroatoms. The molecule has 0 aromatic carbocycles. The van der Waals surface area contributed by atoms with Gasteiger partial charge in [0.25, 0.3) is 0 Å². The molecule has 0 saturated heterocycles. The van der Waals surface area contributed by atoms with E-state index in [1.54, 1.807) is 0 Å². The Labute approximate surface area is 426 Å². The second-order valence-electron chi connectivity index (χ2n) is 17.8. The number of hydrogen-bond donors (Lipinski definition) is 1. The highest BCUT2D eigenvalue weighted by Crippen LogP contribution is 2.43. The van der Waals surface area contributed by atoms with Gasteiger partial charge in [0, 0.05) is 12.8 Å². The molecule has 0 saturated carbocycles. The van der Waals surface area contributed by atoms with Gasteiger partial charge in [0.05, 0.1) is 27.7 Å². The molecule has 0 bridgehead atoms. The molecule has 1 N–H and O–H groups in total. The fourth-order valence-electron chi connectivity index (χ4n) is 6.06. The maximum absolute atomic E-state index is 12.8. The third-order valence-corrected chi connectivity index (χ3v) is 11.0.